The maximum absolute atomic E-state index is 12.5. The lowest BCUT2D eigenvalue weighted by Gasteiger charge is -2.45. The van der Waals surface area contributed by atoms with Crippen LogP contribution in [0.1, 0.15) is 76.3 Å². The lowest BCUT2D eigenvalue weighted by molar-refractivity contribution is -0.117. The largest absolute Gasteiger partial charge is 0.369 e. The molecular weight excluding hydrogens is 334 g/mol. The molecule has 1 atom stereocenters. The zero-order valence-electron chi connectivity index (χ0n) is 17.0. The van der Waals surface area contributed by atoms with Crippen molar-refractivity contribution in [2.75, 3.05) is 11.9 Å². The molecule has 1 saturated carbocycles. The molecule has 1 aliphatic heterocycles. The number of nitrogens with one attached hydrogen (secondary N) is 1. The molecule has 3 rings (SSSR count). The van der Waals surface area contributed by atoms with Crippen LogP contribution in [0.25, 0.3) is 6.08 Å². The van der Waals surface area contributed by atoms with E-state index in [9.17, 15) is 10.1 Å². The molecule has 4 nitrogen and oxygen atoms in total. The van der Waals surface area contributed by atoms with Crippen LogP contribution in [0.2, 0.25) is 0 Å². The van der Waals surface area contributed by atoms with Gasteiger partial charge in [-0.2, -0.15) is 5.26 Å². The Kier molecular flexibility index (Phi) is 5.60. The molecule has 144 valence electrons. The number of carbonyl (C=O) groups excluding carboxylic acids is 1. The fourth-order valence-corrected chi connectivity index (χ4v) is 4.51. The molecule has 1 N–H and O–H groups in total. The minimum atomic E-state index is -0.242. The van der Waals surface area contributed by atoms with Crippen molar-refractivity contribution >= 4 is 17.7 Å². The van der Waals surface area contributed by atoms with Crippen LogP contribution in [0.5, 0.6) is 0 Å². The van der Waals surface area contributed by atoms with E-state index in [1.165, 1.54) is 17.7 Å². The van der Waals surface area contributed by atoms with E-state index in [1.807, 2.05) is 6.07 Å². The van der Waals surface area contributed by atoms with Crippen molar-refractivity contribution in [3.63, 3.8) is 0 Å². The summed E-state index contributed by atoms with van der Waals surface area (Å²) in [6.07, 6.45) is 8.39. The monoisotopic (exact) mass is 365 g/mol. The number of nitriles is 1. The summed E-state index contributed by atoms with van der Waals surface area (Å²) in [6, 6.07) is 8.56. The maximum Gasteiger partial charge on any atom is 0.262 e. The number of nitrogens with zero attached hydrogens (tertiary/aromatic N) is 2. The summed E-state index contributed by atoms with van der Waals surface area (Å²) in [7, 11) is 2.14. The standard InChI is InChI=1S/C23H31N3O/c1-16-14-23(2,3)26(4)21-11-10-17(13-20(16)21)12-18(15-24)22(27)25-19-8-6-5-7-9-19/h10-13,16,19H,5-9,14H2,1-4H3,(H,25,27)/b18-12-/t16-/m1/s1. The van der Waals surface area contributed by atoms with Crippen LogP contribution in [0.3, 0.4) is 0 Å². The number of amides is 1. The highest BCUT2D eigenvalue weighted by molar-refractivity contribution is 6.01. The average molecular weight is 366 g/mol. The van der Waals surface area contributed by atoms with Gasteiger partial charge in [-0.3, -0.25) is 4.79 Å². The number of hydrogen-bond donors (Lipinski definition) is 1. The molecule has 0 radical (unpaired) electrons. The van der Waals surface area contributed by atoms with Crippen molar-refractivity contribution in [1.29, 1.82) is 5.26 Å². The van der Waals surface area contributed by atoms with Gasteiger partial charge in [0.15, 0.2) is 0 Å². The van der Waals surface area contributed by atoms with E-state index in [2.05, 4.69) is 56.2 Å². The molecular formula is C23H31N3O. The molecule has 2 aliphatic rings. The van der Waals surface area contributed by atoms with Gasteiger partial charge in [0.2, 0.25) is 0 Å². The Morgan fingerprint density at radius 3 is 2.67 bits per heavy atom. The topological polar surface area (TPSA) is 56.1 Å². The van der Waals surface area contributed by atoms with Crippen molar-refractivity contribution in [3.8, 4) is 6.07 Å². The molecule has 0 spiro atoms. The zero-order chi connectivity index (χ0) is 19.6. The molecule has 27 heavy (non-hydrogen) atoms. The Morgan fingerprint density at radius 1 is 1.30 bits per heavy atom. The normalized spacial score (nSPS) is 22.7. The second-order valence-electron chi connectivity index (χ2n) is 8.77. The van der Waals surface area contributed by atoms with Crippen LogP contribution in [-0.4, -0.2) is 24.5 Å². The van der Waals surface area contributed by atoms with Crippen LogP contribution in [0, 0.1) is 11.3 Å². The van der Waals surface area contributed by atoms with E-state index in [-0.39, 0.29) is 23.1 Å². The molecule has 0 aromatic heterocycles. The van der Waals surface area contributed by atoms with Gasteiger partial charge in [0.1, 0.15) is 11.6 Å². The summed E-state index contributed by atoms with van der Waals surface area (Å²) in [5, 5.41) is 12.5. The summed E-state index contributed by atoms with van der Waals surface area (Å²) in [5.74, 6) is 0.203. The molecule has 1 amide bonds. The summed E-state index contributed by atoms with van der Waals surface area (Å²) >= 11 is 0. The Balaban J connectivity index is 1.82. The van der Waals surface area contributed by atoms with Crippen molar-refractivity contribution in [1.82, 2.24) is 5.32 Å². The van der Waals surface area contributed by atoms with Gasteiger partial charge < -0.3 is 10.2 Å². The van der Waals surface area contributed by atoms with Gasteiger partial charge in [0.25, 0.3) is 5.91 Å². The Labute approximate surface area is 163 Å². The molecule has 1 aromatic carbocycles. The third-order valence-electron chi connectivity index (χ3n) is 6.27. The van der Waals surface area contributed by atoms with Gasteiger partial charge >= 0.3 is 0 Å². The Hall–Kier alpha value is -2.28. The van der Waals surface area contributed by atoms with Crippen molar-refractivity contribution in [2.24, 2.45) is 0 Å². The summed E-state index contributed by atoms with van der Waals surface area (Å²) < 4.78 is 0. The second kappa shape index (κ2) is 7.76. The molecule has 1 aromatic rings. The quantitative estimate of drug-likeness (QED) is 0.620. The first-order valence-corrected chi connectivity index (χ1v) is 10.1. The van der Waals surface area contributed by atoms with E-state index in [4.69, 9.17) is 0 Å². The number of benzene rings is 1. The van der Waals surface area contributed by atoms with Gasteiger partial charge in [0, 0.05) is 24.3 Å². The first kappa shape index (κ1) is 19.5. The minimum absolute atomic E-state index is 0.126. The highest BCUT2D eigenvalue weighted by Gasteiger charge is 2.34. The third kappa shape index (κ3) is 4.18. The molecule has 0 saturated heterocycles. The van der Waals surface area contributed by atoms with Gasteiger partial charge in [-0.05, 0) is 68.4 Å². The van der Waals surface area contributed by atoms with E-state index < -0.39 is 0 Å². The Bertz CT molecular complexity index is 781. The number of hydrogen-bond acceptors (Lipinski definition) is 3. The van der Waals surface area contributed by atoms with Crippen molar-refractivity contribution in [2.45, 2.75) is 76.8 Å². The summed E-state index contributed by atoms with van der Waals surface area (Å²) in [4.78, 5) is 14.9. The molecule has 1 fully saturated rings. The van der Waals surface area contributed by atoms with Gasteiger partial charge in [-0.1, -0.05) is 32.3 Å². The summed E-state index contributed by atoms with van der Waals surface area (Å²) in [6.45, 7) is 6.79. The second-order valence-corrected chi connectivity index (χ2v) is 8.77. The van der Waals surface area contributed by atoms with Gasteiger partial charge in [0.05, 0.1) is 0 Å². The Morgan fingerprint density at radius 2 is 2.00 bits per heavy atom. The van der Waals surface area contributed by atoms with Crippen LogP contribution in [0.15, 0.2) is 23.8 Å². The van der Waals surface area contributed by atoms with Gasteiger partial charge in [-0.25, -0.2) is 0 Å². The summed E-state index contributed by atoms with van der Waals surface area (Å²) in [5.41, 5.74) is 3.76. The molecule has 4 heteroatoms. The molecule has 1 heterocycles. The first-order valence-electron chi connectivity index (χ1n) is 10.1. The molecule has 0 unspecified atom stereocenters. The smallest absolute Gasteiger partial charge is 0.262 e. The molecule has 0 bridgehead atoms. The van der Waals surface area contributed by atoms with Crippen LogP contribution in [0.4, 0.5) is 5.69 Å². The number of anilines is 1. The van der Waals surface area contributed by atoms with Crippen molar-refractivity contribution in [3.05, 3.63) is 34.9 Å². The predicted molar refractivity (Wildman–Crippen MR) is 111 cm³/mol. The highest BCUT2D eigenvalue weighted by atomic mass is 16.1. The number of fused-ring (bicyclic) bond motifs is 1. The van der Waals surface area contributed by atoms with E-state index in [1.54, 1.807) is 6.08 Å². The van der Waals surface area contributed by atoms with E-state index in [0.717, 1.165) is 37.7 Å². The highest BCUT2D eigenvalue weighted by Crippen LogP contribution is 2.42. The molecule has 1 aliphatic carbocycles. The third-order valence-corrected chi connectivity index (χ3v) is 6.27. The van der Waals surface area contributed by atoms with E-state index >= 15 is 0 Å². The average Bonchev–Trinajstić information content (AvgIpc) is 2.64. The van der Waals surface area contributed by atoms with E-state index in [0.29, 0.717) is 5.92 Å². The number of rotatable bonds is 3. The zero-order valence-corrected chi connectivity index (χ0v) is 17.0. The van der Waals surface area contributed by atoms with Crippen LogP contribution >= 0.6 is 0 Å². The van der Waals surface area contributed by atoms with Crippen LogP contribution < -0.4 is 10.2 Å². The van der Waals surface area contributed by atoms with Gasteiger partial charge in [-0.15, -0.1) is 0 Å². The lowest BCUT2D eigenvalue weighted by Crippen LogP contribution is -2.45. The SMILES string of the molecule is C[C@@H]1CC(C)(C)N(C)c2ccc(/C=C(/C#N)C(=O)NC3CCCCC3)cc21. The van der Waals surface area contributed by atoms with Crippen LogP contribution in [-0.2, 0) is 4.79 Å². The van der Waals surface area contributed by atoms with Crippen molar-refractivity contribution < 1.29 is 4.79 Å². The first-order chi connectivity index (χ1) is 12.8. The maximum atomic E-state index is 12.5. The fraction of sp³-hybridized carbons (Fsp3) is 0.565. The minimum Gasteiger partial charge on any atom is -0.369 e. The number of carbonyl (C=O) groups is 1. The fourth-order valence-electron chi connectivity index (χ4n) is 4.51. The predicted octanol–water partition coefficient (Wildman–Crippen LogP) is 4.76. The lowest BCUT2D eigenvalue weighted by atomic mass is 9.80.